The fraction of sp³-hybridized carbons (Fsp3) is 0.538. The lowest BCUT2D eigenvalue weighted by Gasteiger charge is -2.24. The molecule has 0 heterocycles. The van der Waals surface area contributed by atoms with E-state index in [1.807, 2.05) is 11.8 Å². The van der Waals surface area contributed by atoms with Crippen LogP contribution in [-0.2, 0) is 6.42 Å². The maximum absolute atomic E-state index is 2.34. The van der Waals surface area contributed by atoms with E-state index in [4.69, 9.17) is 0 Å². The van der Waals surface area contributed by atoms with E-state index in [2.05, 4.69) is 31.2 Å². The van der Waals surface area contributed by atoms with Gasteiger partial charge in [-0.1, -0.05) is 25.5 Å². The number of rotatable bonds is 4. The van der Waals surface area contributed by atoms with Gasteiger partial charge in [0.2, 0.25) is 0 Å². The van der Waals surface area contributed by atoms with E-state index in [1.54, 1.807) is 0 Å². The third-order valence-electron chi connectivity index (χ3n) is 3.02. The Labute approximate surface area is 91.1 Å². The van der Waals surface area contributed by atoms with Gasteiger partial charge in [0.05, 0.1) is 0 Å². The zero-order valence-corrected chi connectivity index (χ0v) is 9.65. The highest BCUT2D eigenvalue weighted by Gasteiger charge is 2.17. The molecule has 76 valence electrons. The number of hydrogen-bond acceptors (Lipinski definition) is 1. The summed E-state index contributed by atoms with van der Waals surface area (Å²) >= 11 is 2.03. The van der Waals surface area contributed by atoms with Gasteiger partial charge >= 0.3 is 0 Å². The van der Waals surface area contributed by atoms with Crippen LogP contribution in [0.15, 0.2) is 29.2 Å². The van der Waals surface area contributed by atoms with Crippen molar-refractivity contribution in [3.63, 3.8) is 0 Å². The van der Waals surface area contributed by atoms with E-state index in [1.165, 1.54) is 35.5 Å². The molecule has 0 atom stereocenters. The predicted octanol–water partition coefficient (Wildman–Crippen LogP) is 4.14. The number of aryl methyl sites for hydroxylation is 1. The minimum absolute atomic E-state index is 1.00. The Morgan fingerprint density at radius 1 is 1.36 bits per heavy atom. The molecule has 0 unspecified atom stereocenters. The molecular weight excluding hydrogens is 188 g/mol. The van der Waals surface area contributed by atoms with Crippen LogP contribution in [0.5, 0.6) is 0 Å². The first-order valence-corrected chi connectivity index (χ1v) is 6.59. The van der Waals surface area contributed by atoms with E-state index in [0.717, 1.165) is 12.3 Å². The van der Waals surface area contributed by atoms with Crippen molar-refractivity contribution < 1.29 is 0 Å². The third kappa shape index (κ3) is 2.54. The second kappa shape index (κ2) is 4.88. The number of benzene rings is 1. The maximum Gasteiger partial charge on any atom is 0.00747 e. The summed E-state index contributed by atoms with van der Waals surface area (Å²) < 4.78 is 0. The first-order valence-electron chi connectivity index (χ1n) is 5.60. The quantitative estimate of drug-likeness (QED) is 0.667. The molecule has 1 aliphatic carbocycles. The van der Waals surface area contributed by atoms with Gasteiger partial charge in [-0.3, -0.25) is 0 Å². The largest absolute Gasteiger partial charge is 0.126 e. The first kappa shape index (κ1) is 10.1. The molecular formula is C13H18S. The van der Waals surface area contributed by atoms with Crippen molar-refractivity contribution in [3.05, 3.63) is 29.8 Å². The summed E-state index contributed by atoms with van der Waals surface area (Å²) in [5, 5.41) is 0. The summed E-state index contributed by atoms with van der Waals surface area (Å²) in [4.78, 5) is 1.45. The Kier molecular flexibility index (Phi) is 3.52. The Morgan fingerprint density at radius 3 is 2.86 bits per heavy atom. The second-order valence-electron chi connectivity index (χ2n) is 4.11. The van der Waals surface area contributed by atoms with Crippen LogP contribution >= 0.6 is 11.8 Å². The van der Waals surface area contributed by atoms with Gasteiger partial charge in [-0.05, 0) is 42.9 Å². The highest BCUT2D eigenvalue weighted by Crippen LogP contribution is 2.32. The number of thioether (sulfide) groups is 1. The molecule has 0 N–H and O–H groups in total. The maximum atomic E-state index is 2.34. The van der Waals surface area contributed by atoms with Gasteiger partial charge in [-0.25, -0.2) is 0 Å². The van der Waals surface area contributed by atoms with E-state index >= 15 is 0 Å². The van der Waals surface area contributed by atoms with Crippen molar-refractivity contribution in [2.45, 2.75) is 37.5 Å². The van der Waals surface area contributed by atoms with Crippen LogP contribution in [0.3, 0.4) is 0 Å². The highest BCUT2D eigenvalue weighted by molar-refractivity contribution is 7.99. The smallest absolute Gasteiger partial charge is 0.00747 e. The first-order chi connectivity index (χ1) is 6.88. The van der Waals surface area contributed by atoms with Gasteiger partial charge < -0.3 is 0 Å². The second-order valence-corrected chi connectivity index (χ2v) is 5.20. The summed E-state index contributed by atoms with van der Waals surface area (Å²) in [6.45, 7) is 2.22. The van der Waals surface area contributed by atoms with E-state index in [-0.39, 0.29) is 0 Å². The third-order valence-corrected chi connectivity index (χ3v) is 4.24. The zero-order chi connectivity index (χ0) is 9.80. The summed E-state index contributed by atoms with van der Waals surface area (Å²) in [6.07, 6.45) is 5.53. The minimum atomic E-state index is 1.00. The normalized spacial score (nSPS) is 16.6. The van der Waals surface area contributed by atoms with Gasteiger partial charge in [-0.15, -0.1) is 11.8 Å². The van der Waals surface area contributed by atoms with Crippen LogP contribution in [0.1, 0.15) is 31.7 Å². The molecule has 0 amide bonds. The fourth-order valence-corrected chi connectivity index (χ4v) is 2.90. The summed E-state index contributed by atoms with van der Waals surface area (Å²) in [5.41, 5.74) is 1.46. The van der Waals surface area contributed by atoms with E-state index in [9.17, 15) is 0 Å². The van der Waals surface area contributed by atoms with Gasteiger partial charge in [0.1, 0.15) is 0 Å². The molecule has 0 aromatic heterocycles. The molecule has 0 bridgehead atoms. The van der Waals surface area contributed by atoms with Gasteiger partial charge in [0.25, 0.3) is 0 Å². The monoisotopic (exact) mass is 206 g/mol. The molecule has 1 aromatic rings. The van der Waals surface area contributed by atoms with Gasteiger partial charge in [0, 0.05) is 10.6 Å². The van der Waals surface area contributed by atoms with Gasteiger partial charge in [-0.2, -0.15) is 0 Å². The average molecular weight is 206 g/mol. The summed E-state index contributed by atoms with van der Waals surface area (Å²) in [6, 6.07) is 8.97. The molecule has 0 spiro atoms. The summed E-state index contributed by atoms with van der Waals surface area (Å²) in [7, 11) is 0. The van der Waals surface area contributed by atoms with Crippen molar-refractivity contribution in [1.29, 1.82) is 0 Å². The van der Waals surface area contributed by atoms with Crippen LogP contribution in [0.2, 0.25) is 0 Å². The van der Waals surface area contributed by atoms with E-state index in [0.29, 0.717) is 0 Å². The van der Waals surface area contributed by atoms with Crippen molar-refractivity contribution in [2.75, 3.05) is 5.75 Å². The average Bonchev–Trinajstić information content (AvgIpc) is 2.16. The van der Waals surface area contributed by atoms with Crippen LogP contribution in [0, 0.1) is 5.92 Å². The molecule has 0 radical (unpaired) electrons. The molecule has 1 aliphatic rings. The standard InChI is InChI=1S/C13H18S/c1-2-11-5-4-8-13(9-11)14-10-12-6-3-7-12/h4-5,8-9,12H,2-3,6-7,10H2,1H3. The van der Waals surface area contributed by atoms with Crippen LogP contribution in [-0.4, -0.2) is 5.75 Å². The Bertz CT molecular complexity index is 289. The lowest BCUT2D eigenvalue weighted by atomic mass is 9.87. The van der Waals surface area contributed by atoms with Crippen molar-refractivity contribution in [1.82, 2.24) is 0 Å². The molecule has 2 rings (SSSR count). The Hall–Kier alpha value is -0.430. The Morgan fingerprint density at radius 2 is 2.21 bits per heavy atom. The summed E-state index contributed by atoms with van der Waals surface area (Å²) in [5.74, 6) is 2.33. The predicted molar refractivity (Wildman–Crippen MR) is 63.9 cm³/mol. The molecule has 0 saturated heterocycles. The van der Waals surface area contributed by atoms with Crippen LogP contribution < -0.4 is 0 Å². The molecule has 0 aliphatic heterocycles. The minimum Gasteiger partial charge on any atom is -0.126 e. The lowest BCUT2D eigenvalue weighted by molar-refractivity contribution is 0.353. The molecule has 14 heavy (non-hydrogen) atoms. The van der Waals surface area contributed by atoms with Crippen LogP contribution in [0.25, 0.3) is 0 Å². The molecule has 1 fully saturated rings. The van der Waals surface area contributed by atoms with Gasteiger partial charge in [0.15, 0.2) is 0 Å². The SMILES string of the molecule is CCc1cccc(SCC2CCC2)c1. The van der Waals surface area contributed by atoms with Crippen LogP contribution in [0.4, 0.5) is 0 Å². The zero-order valence-electron chi connectivity index (χ0n) is 8.83. The topological polar surface area (TPSA) is 0 Å². The number of hydrogen-bond donors (Lipinski definition) is 0. The molecule has 1 heteroatoms. The van der Waals surface area contributed by atoms with Crippen molar-refractivity contribution in [2.24, 2.45) is 5.92 Å². The lowest BCUT2D eigenvalue weighted by Crippen LogP contribution is -2.13. The highest BCUT2D eigenvalue weighted by atomic mass is 32.2. The van der Waals surface area contributed by atoms with Crippen molar-refractivity contribution >= 4 is 11.8 Å². The molecule has 1 aromatic carbocycles. The van der Waals surface area contributed by atoms with Crippen molar-refractivity contribution in [3.8, 4) is 0 Å². The molecule has 0 nitrogen and oxygen atoms in total. The van der Waals surface area contributed by atoms with E-state index < -0.39 is 0 Å². The molecule has 1 saturated carbocycles. The Balaban J connectivity index is 1.87. The fourth-order valence-electron chi connectivity index (χ4n) is 1.73.